The molecule has 4 rings (SSSR count). The minimum Gasteiger partial charge on any atom is -0.496 e. The Morgan fingerprint density at radius 3 is 2.49 bits per heavy atom. The van der Waals surface area contributed by atoms with Crippen LogP contribution in [0.2, 0.25) is 0 Å². The van der Waals surface area contributed by atoms with E-state index >= 15 is 0 Å². The van der Waals surface area contributed by atoms with Gasteiger partial charge in [-0.25, -0.2) is 9.79 Å². The Kier molecular flexibility index (Phi) is 7.31. The van der Waals surface area contributed by atoms with Gasteiger partial charge in [0.25, 0.3) is 5.56 Å². The van der Waals surface area contributed by atoms with Gasteiger partial charge in [0.15, 0.2) is 4.80 Å². The molecule has 2 aromatic carbocycles. The number of hydrogen-bond acceptors (Lipinski definition) is 7. The first kappa shape index (κ1) is 24.2. The molecule has 0 saturated heterocycles. The molecule has 8 heteroatoms. The van der Waals surface area contributed by atoms with Crippen LogP contribution >= 0.6 is 11.3 Å². The Morgan fingerprint density at radius 1 is 1.09 bits per heavy atom. The zero-order valence-electron chi connectivity index (χ0n) is 20.0. The lowest BCUT2D eigenvalue weighted by Crippen LogP contribution is -2.40. The first-order valence-electron chi connectivity index (χ1n) is 11.1. The highest BCUT2D eigenvalue weighted by atomic mass is 32.1. The molecular weight excluding hydrogens is 464 g/mol. The number of para-hydroxylation sites is 2. The number of thiazole rings is 1. The Bertz CT molecular complexity index is 1500. The molecule has 0 amide bonds. The number of allylic oxidation sites excluding steroid dienone is 2. The number of methoxy groups -OCH3 is 2. The van der Waals surface area contributed by atoms with Gasteiger partial charge in [-0.3, -0.25) is 9.36 Å². The molecule has 7 nitrogen and oxygen atoms in total. The van der Waals surface area contributed by atoms with Crippen molar-refractivity contribution in [3.63, 3.8) is 0 Å². The number of carbonyl (C=O) groups excluding carboxylic acids is 1. The predicted octanol–water partition coefficient (Wildman–Crippen LogP) is 3.48. The number of aromatic nitrogens is 1. The van der Waals surface area contributed by atoms with Gasteiger partial charge in [-0.15, -0.1) is 0 Å². The molecule has 0 bridgehead atoms. The van der Waals surface area contributed by atoms with Gasteiger partial charge in [0.1, 0.15) is 17.5 Å². The van der Waals surface area contributed by atoms with Crippen LogP contribution in [-0.4, -0.2) is 31.4 Å². The maximum Gasteiger partial charge on any atom is 0.338 e. The second-order valence-electron chi connectivity index (χ2n) is 7.67. The summed E-state index contributed by atoms with van der Waals surface area (Å²) in [7, 11) is 3.18. The fourth-order valence-corrected chi connectivity index (χ4v) is 5.03. The van der Waals surface area contributed by atoms with Crippen molar-refractivity contribution < 1.29 is 19.0 Å². The lowest BCUT2D eigenvalue weighted by atomic mass is 9.95. The van der Waals surface area contributed by atoms with E-state index in [1.165, 1.54) is 11.3 Å². The van der Waals surface area contributed by atoms with Crippen LogP contribution in [-0.2, 0) is 9.53 Å². The third kappa shape index (κ3) is 4.70. The highest BCUT2D eigenvalue weighted by Crippen LogP contribution is 2.35. The summed E-state index contributed by atoms with van der Waals surface area (Å²) < 4.78 is 18.3. The lowest BCUT2D eigenvalue weighted by molar-refractivity contribution is -0.139. The van der Waals surface area contributed by atoms with Gasteiger partial charge in [0.2, 0.25) is 0 Å². The van der Waals surface area contributed by atoms with Gasteiger partial charge < -0.3 is 14.2 Å². The van der Waals surface area contributed by atoms with E-state index in [-0.39, 0.29) is 12.2 Å². The molecular formula is C27H26N2O5S. The summed E-state index contributed by atoms with van der Waals surface area (Å²) in [5.41, 5.74) is 2.16. The van der Waals surface area contributed by atoms with Crippen molar-refractivity contribution in [2.24, 2.45) is 4.99 Å². The average molecular weight is 491 g/mol. The monoisotopic (exact) mass is 490 g/mol. The van der Waals surface area contributed by atoms with E-state index in [9.17, 15) is 9.59 Å². The van der Waals surface area contributed by atoms with Crippen molar-refractivity contribution in [3.05, 3.63) is 96.7 Å². The van der Waals surface area contributed by atoms with Crippen LogP contribution in [0.5, 0.6) is 11.5 Å². The summed E-state index contributed by atoms with van der Waals surface area (Å²) in [6.45, 7) is 3.72. The molecule has 1 unspecified atom stereocenters. The second kappa shape index (κ2) is 10.6. The molecule has 1 aliphatic heterocycles. The van der Waals surface area contributed by atoms with E-state index in [1.54, 1.807) is 44.8 Å². The van der Waals surface area contributed by atoms with Crippen molar-refractivity contribution in [2.75, 3.05) is 20.8 Å². The lowest BCUT2D eigenvalue weighted by Gasteiger charge is -2.25. The molecule has 1 atom stereocenters. The van der Waals surface area contributed by atoms with Gasteiger partial charge in [-0.1, -0.05) is 59.9 Å². The van der Waals surface area contributed by atoms with E-state index in [0.29, 0.717) is 31.9 Å². The Balaban J connectivity index is 1.88. The second-order valence-corrected chi connectivity index (χ2v) is 8.68. The van der Waals surface area contributed by atoms with Gasteiger partial charge in [0.05, 0.1) is 36.6 Å². The molecule has 0 radical (unpaired) electrons. The highest BCUT2D eigenvalue weighted by Gasteiger charge is 2.34. The molecule has 2 heterocycles. The summed E-state index contributed by atoms with van der Waals surface area (Å²) >= 11 is 1.27. The third-order valence-electron chi connectivity index (χ3n) is 5.61. The summed E-state index contributed by atoms with van der Waals surface area (Å²) in [4.78, 5) is 31.7. The molecule has 1 aromatic heterocycles. The molecule has 0 saturated carbocycles. The fourth-order valence-electron chi connectivity index (χ4n) is 4.04. The molecule has 0 N–H and O–H groups in total. The van der Waals surface area contributed by atoms with Gasteiger partial charge >= 0.3 is 5.97 Å². The smallest absolute Gasteiger partial charge is 0.338 e. The van der Waals surface area contributed by atoms with Crippen molar-refractivity contribution in [2.45, 2.75) is 19.9 Å². The van der Waals surface area contributed by atoms with Crippen LogP contribution in [0.25, 0.3) is 12.2 Å². The van der Waals surface area contributed by atoms with Crippen LogP contribution < -0.4 is 24.4 Å². The first-order valence-corrected chi connectivity index (χ1v) is 11.9. The molecule has 0 aliphatic carbocycles. The number of hydrogen-bond donors (Lipinski definition) is 0. The summed E-state index contributed by atoms with van der Waals surface area (Å²) in [5, 5.41) is 0. The van der Waals surface area contributed by atoms with Crippen LogP contribution in [0, 0.1) is 0 Å². The molecule has 35 heavy (non-hydrogen) atoms. The molecule has 3 aromatic rings. The number of ether oxygens (including phenoxy) is 3. The number of fused-ring (bicyclic) bond motifs is 1. The van der Waals surface area contributed by atoms with E-state index in [1.807, 2.05) is 54.6 Å². The SMILES string of the molecule is CCOC(=O)C1=C(C)N=c2s/c(=C/C=C/c3ccccc3OC)c(=O)n2C1c1ccccc1OC. The van der Waals surface area contributed by atoms with Gasteiger partial charge in [-0.05, 0) is 32.1 Å². The van der Waals surface area contributed by atoms with Crippen molar-refractivity contribution in [1.82, 2.24) is 4.57 Å². The fraction of sp³-hybridized carbons (Fsp3) is 0.222. The zero-order valence-corrected chi connectivity index (χ0v) is 20.8. The topological polar surface area (TPSA) is 79.1 Å². The molecule has 0 spiro atoms. The highest BCUT2D eigenvalue weighted by molar-refractivity contribution is 7.07. The van der Waals surface area contributed by atoms with Gasteiger partial charge in [0, 0.05) is 11.1 Å². The minimum atomic E-state index is -0.721. The molecule has 0 fully saturated rings. The van der Waals surface area contributed by atoms with E-state index in [0.717, 1.165) is 11.3 Å². The summed E-state index contributed by atoms with van der Waals surface area (Å²) in [5.74, 6) is 0.805. The van der Waals surface area contributed by atoms with Crippen molar-refractivity contribution in [1.29, 1.82) is 0 Å². The number of benzene rings is 2. The maximum atomic E-state index is 13.6. The molecule has 180 valence electrons. The van der Waals surface area contributed by atoms with E-state index in [2.05, 4.69) is 4.99 Å². The Hall–Kier alpha value is -3.91. The minimum absolute atomic E-state index is 0.215. The predicted molar refractivity (Wildman–Crippen MR) is 136 cm³/mol. The standard InChI is InChI=1S/C27H26N2O5S/c1-5-34-26(31)23-17(2)28-27-29(24(23)19-13-7-9-15-21(19)33-4)25(30)22(35-27)16-10-12-18-11-6-8-14-20(18)32-3/h6-16,24H,5H2,1-4H3/b12-10+,22-16+. The normalized spacial score (nSPS) is 15.7. The number of esters is 1. The number of carbonyl (C=O) groups is 1. The van der Waals surface area contributed by atoms with Gasteiger partial charge in [-0.2, -0.15) is 0 Å². The van der Waals surface area contributed by atoms with Crippen LogP contribution in [0.15, 0.2) is 75.7 Å². The van der Waals surface area contributed by atoms with Crippen molar-refractivity contribution >= 4 is 29.5 Å². The summed E-state index contributed by atoms with van der Waals surface area (Å²) in [6, 6.07) is 14.2. The van der Waals surface area contributed by atoms with Crippen LogP contribution in [0.3, 0.4) is 0 Å². The van der Waals surface area contributed by atoms with Crippen LogP contribution in [0.1, 0.15) is 31.0 Å². The maximum absolute atomic E-state index is 13.6. The number of rotatable bonds is 7. The zero-order chi connectivity index (χ0) is 24.9. The summed E-state index contributed by atoms with van der Waals surface area (Å²) in [6.07, 6.45) is 5.44. The number of nitrogens with zero attached hydrogens (tertiary/aromatic N) is 2. The molecule has 1 aliphatic rings. The quantitative estimate of drug-likeness (QED) is 0.474. The Morgan fingerprint density at radius 2 is 1.77 bits per heavy atom. The average Bonchev–Trinajstić information content (AvgIpc) is 3.18. The van der Waals surface area contributed by atoms with E-state index in [4.69, 9.17) is 14.2 Å². The van der Waals surface area contributed by atoms with E-state index < -0.39 is 12.0 Å². The first-order chi connectivity index (χ1) is 17.0. The van der Waals surface area contributed by atoms with Crippen LogP contribution in [0.4, 0.5) is 0 Å². The Labute approximate surface area is 206 Å². The van der Waals surface area contributed by atoms with Crippen molar-refractivity contribution in [3.8, 4) is 11.5 Å². The largest absolute Gasteiger partial charge is 0.496 e. The third-order valence-corrected chi connectivity index (χ3v) is 6.61.